The molecule has 50 heavy (non-hydrogen) atoms. The van der Waals surface area contributed by atoms with Gasteiger partial charge in [0, 0.05) is 33.0 Å². The second-order valence-corrected chi connectivity index (χ2v) is 12.6. The van der Waals surface area contributed by atoms with Crippen molar-refractivity contribution in [3.63, 3.8) is 0 Å². The van der Waals surface area contributed by atoms with E-state index in [-0.39, 0.29) is 0 Å². The molecule has 4 nitrogen and oxygen atoms in total. The van der Waals surface area contributed by atoms with Crippen molar-refractivity contribution in [1.29, 1.82) is 0 Å². The van der Waals surface area contributed by atoms with Crippen LogP contribution in [-0.2, 0) is 0 Å². The lowest BCUT2D eigenvalue weighted by atomic mass is 9.96. The van der Waals surface area contributed by atoms with E-state index in [1.807, 2.05) is 48.5 Å². The van der Waals surface area contributed by atoms with Gasteiger partial charge in [-0.25, -0.2) is 9.97 Å². The summed E-state index contributed by atoms with van der Waals surface area (Å²) in [6, 6.07) is 61.5. The number of rotatable bonds is 5. The number of furan rings is 1. The van der Waals surface area contributed by atoms with Gasteiger partial charge in [0.2, 0.25) is 0 Å². The summed E-state index contributed by atoms with van der Waals surface area (Å²) in [7, 11) is 0. The molecule has 3 aromatic heterocycles. The summed E-state index contributed by atoms with van der Waals surface area (Å²) in [5.74, 6) is 0.682. The summed E-state index contributed by atoms with van der Waals surface area (Å²) in [6.45, 7) is 0. The molecular weight excluding hydrogens is 611 g/mol. The second kappa shape index (κ2) is 11.4. The van der Waals surface area contributed by atoms with Gasteiger partial charge in [-0.3, -0.25) is 0 Å². The Labute approximate surface area is 288 Å². The fraction of sp³-hybridized carbons (Fsp3) is 0. The Kier molecular flexibility index (Phi) is 6.46. The molecule has 10 rings (SSSR count). The highest BCUT2D eigenvalue weighted by molar-refractivity contribution is 6.16. The molecule has 0 bridgehead atoms. The van der Waals surface area contributed by atoms with Gasteiger partial charge in [0.25, 0.3) is 0 Å². The molecule has 3 heterocycles. The summed E-state index contributed by atoms with van der Waals surface area (Å²) in [5.41, 5.74) is 13.2. The van der Waals surface area contributed by atoms with Crippen molar-refractivity contribution >= 4 is 43.9 Å². The molecule has 0 saturated carbocycles. The first kappa shape index (κ1) is 28.3. The SMILES string of the molecule is c1ccc(-c2nc(-c3ccccc3)c3oc4cc(-c5ccc(-c6cccc7c6c6ccccc6n7-c6ccccc6)cc5)ccc4c3n2)cc1. The lowest BCUT2D eigenvalue weighted by Crippen LogP contribution is -1.93. The lowest BCUT2D eigenvalue weighted by molar-refractivity contribution is 0.667. The monoisotopic (exact) mass is 639 g/mol. The third-order valence-electron chi connectivity index (χ3n) is 9.63. The molecule has 10 aromatic rings. The topological polar surface area (TPSA) is 43.9 Å². The van der Waals surface area contributed by atoms with E-state index in [2.05, 4.69) is 132 Å². The van der Waals surface area contributed by atoms with Gasteiger partial charge in [0.05, 0.1) is 11.0 Å². The van der Waals surface area contributed by atoms with Gasteiger partial charge in [-0.05, 0) is 58.7 Å². The molecule has 0 aliphatic heterocycles. The zero-order valence-corrected chi connectivity index (χ0v) is 27.0. The summed E-state index contributed by atoms with van der Waals surface area (Å²) in [4.78, 5) is 10.0. The smallest absolute Gasteiger partial charge is 0.180 e. The van der Waals surface area contributed by atoms with Gasteiger partial charge >= 0.3 is 0 Å². The number of para-hydroxylation sites is 2. The average molecular weight is 640 g/mol. The lowest BCUT2D eigenvalue weighted by Gasteiger charge is -2.09. The van der Waals surface area contributed by atoms with E-state index in [9.17, 15) is 0 Å². The molecule has 0 N–H and O–H groups in total. The van der Waals surface area contributed by atoms with Crippen LogP contribution < -0.4 is 0 Å². The summed E-state index contributed by atoms with van der Waals surface area (Å²) >= 11 is 0. The maximum Gasteiger partial charge on any atom is 0.180 e. The first-order valence-corrected chi connectivity index (χ1v) is 16.8. The number of aromatic nitrogens is 3. The molecule has 0 spiro atoms. The first-order chi connectivity index (χ1) is 24.8. The van der Waals surface area contributed by atoms with Crippen LogP contribution >= 0.6 is 0 Å². The molecule has 0 unspecified atom stereocenters. The van der Waals surface area contributed by atoms with Crippen LogP contribution in [0.25, 0.3) is 94.5 Å². The van der Waals surface area contributed by atoms with E-state index in [1.165, 1.54) is 32.9 Å². The maximum absolute atomic E-state index is 6.58. The molecule has 0 atom stereocenters. The van der Waals surface area contributed by atoms with Crippen LogP contribution in [0.5, 0.6) is 0 Å². The highest BCUT2D eigenvalue weighted by atomic mass is 16.3. The Bertz CT molecular complexity index is 2840. The molecule has 0 fully saturated rings. The third-order valence-corrected chi connectivity index (χ3v) is 9.63. The fourth-order valence-electron chi connectivity index (χ4n) is 7.29. The molecular formula is C46H29N3O. The van der Waals surface area contributed by atoms with Crippen molar-refractivity contribution < 1.29 is 4.42 Å². The summed E-state index contributed by atoms with van der Waals surface area (Å²) < 4.78 is 8.95. The molecule has 7 aromatic carbocycles. The zero-order chi connectivity index (χ0) is 33.0. The van der Waals surface area contributed by atoms with Crippen LogP contribution in [0.2, 0.25) is 0 Å². The van der Waals surface area contributed by atoms with Gasteiger partial charge in [-0.2, -0.15) is 0 Å². The third kappa shape index (κ3) is 4.54. The number of benzene rings is 7. The van der Waals surface area contributed by atoms with Crippen LogP contribution in [0.3, 0.4) is 0 Å². The van der Waals surface area contributed by atoms with Crippen molar-refractivity contribution in [3.05, 3.63) is 176 Å². The van der Waals surface area contributed by atoms with Crippen molar-refractivity contribution in [2.75, 3.05) is 0 Å². The number of fused-ring (bicyclic) bond motifs is 6. The van der Waals surface area contributed by atoms with E-state index in [0.717, 1.165) is 50.1 Å². The predicted molar refractivity (Wildman–Crippen MR) is 205 cm³/mol. The van der Waals surface area contributed by atoms with Gasteiger partial charge in [-0.15, -0.1) is 0 Å². The van der Waals surface area contributed by atoms with Crippen molar-refractivity contribution in [3.8, 4) is 50.6 Å². The highest BCUT2D eigenvalue weighted by Gasteiger charge is 2.19. The van der Waals surface area contributed by atoms with Crippen molar-refractivity contribution in [1.82, 2.24) is 14.5 Å². The van der Waals surface area contributed by atoms with Crippen LogP contribution in [0.1, 0.15) is 0 Å². The minimum absolute atomic E-state index is 0.682. The van der Waals surface area contributed by atoms with E-state index in [1.54, 1.807) is 0 Å². The Morgan fingerprint density at radius 1 is 0.440 bits per heavy atom. The quantitative estimate of drug-likeness (QED) is 0.188. The van der Waals surface area contributed by atoms with Gasteiger partial charge < -0.3 is 8.98 Å². The van der Waals surface area contributed by atoms with E-state index >= 15 is 0 Å². The molecule has 0 radical (unpaired) electrons. The van der Waals surface area contributed by atoms with Crippen LogP contribution in [0.15, 0.2) is 180 Å². The zero-order valence-electron chi connectivity index (χ0n) is 27.0. The summed E-state index contributed by atoms with van der Waals surface area (Å²) in [5, 5.41) is 3.47. The first-order valence-electron chi connectivity index (χ1n) is 16.8. The number of hydrogen-bond acceptors (Lipinski definition) is 3. The summed E-state index contributed by atoms with van der Waals surface area (Å²) in [6.07, 6.45) is 0. The van der Waals surface area contributed by atoms with E-state index in [4.69, 9.17) is 14.4 Å². The van der Waals surface area contributed by atoms with Gasteiger partial charge in [-0.1, -0.05) is 140 Å². The minimum Gasteiger partial charge on any atom is -0.452 e. The minimum atomic E-state index is 0.682. The van der Waals surface area contributed by atoms with Crippen molar-refractivity contribution in [2.45, 2.75) is 0 Å². The number of nitrogens with zero attached hydrogens (tertiary/aromatic N) is 3. The van der Waals surface area contributed by atoms with E-state index < -0.39 is 0 Å². The Balaban J connectivity index is 1.08. The molecule has 0 aliphatic carbocycles. The van der Waals surface area contributed by atoms with Gasteiger partial charge in [0.15, 0.2) is 11.4 Å². The van der Waals surface area contributed by atoms with Crippen LogP contribution in [0.4, 0.5) is 0 Å². The van der Waals surface area contributed by atoms with Crippen LogP contribution in [-0.4, -0.2) is 14.5 Å². The molecule has 4 heteroatoms. The van der Waals surface area contributed by atoms with Gasteiger partial charge in [0.1, 0.15) is 16.8 Å². The molecule has 0 saturated heterocycles. The average Bonchev–Trinajstić information content (AvgIpc) is 3.74. The molecule has 0 aliphatic rings. The second-order valence-electron chi connectivity index (χ2n) is 12.6. The Morgan fingerprint density at radius 3 is 1.86 bits per heavy atom. The van der Waals surface area contributed by atoms with Crippen molar-refractivity contribution in [2.24, 2.45) is 0 Å². The Hall–Kier alpha value is -6.78. The normalized spacial score (nSPS) is 11.6. The number of hydrogen-bond donors (Lipinski definition) is 0. The fourth-order valence-corrected chi connectivity index (χ4v) is 7.29. The largest absolute Gasteiger partial charge is 0.452 e. The Morgan fingerprint density at radius 2 is 1.08 bits per heavy atom. The molecule has 234 valence electrons. The van der Waals surface area contributed by atoms with Crippen LogP contribution in [0, 0.1) is 0 Å². The predicted octanol–water partition coefficient (Wildman–Crippen LogP) is 12.1. The van der Waals surface area contributed by atoms with E-state index in [0.29, 0.717) is 11.4 Å². The highest BCUT2D eigenvalue weighted by Crippen LogP contribution is 2.40. The maximum atomic E-state index is 6.58. The standard InChI is InChI=1S/C46H29N3O/c1-4-13-32(14-5-1)43-45-44(48-46(47-43)33-15-6-2-7-16-33)38-28-27-34(29-41(38)50-45)30-23-25-31(26-24-30)36-20-12-22-40-42(36)37-19-10-11-21-39(37)49(40)35-17-8-3-9-18-35/h1-29H. The molecule has 0 amide bonds.